The summed E-state index contributed by atoms with van der Waals surface area (Å²) in [6, 6.07) is 12.8. The van der Waals surface area contributed by atoms with Crippen molar-refractivity contribution in [3.63, 3.8) is 0 Å². The first-order chi connectivity index (χ1) is 9.24. The number of pyridine rings is 1. The SMILES string of the molecule is Nc1ccc(Oc2ccc(Cl)cc2)c2ccncc12. The van der Waals surface area contributed by atoms with Crippen LogP contribution >= 0.6 is 11.6 Å². The van der Waals surface area contributed by atoms with Gasteiger partial charge in [0.15, 0.2) is 0 Å². The van der Waals surface area contributed by atoms with Crippen molar-refractivity contribution in [3.05, 3.63) is 59.9 Å². The molecule has 0 bridgehead atoms. The fourth-order valence-electron chi connectivity index (χ4n) is 1.90. The Hall–Kier alpha value is -2.26. The van der Waals surface area contributed by atoms with Crippen molar-refractivity contribution in [1.82, 2.24) is 4.98 Å². The van der Waals surface area contributed by atoms with E-state index in [1.165, 1.54) is 0 Å². The normalized spacial score (nSPS) is 10.6. The lowest BCUT2D eigenvalue weighted by atomic mass is 10.1. The second-order valence-corrected chi connectivity index (χ2v) is 4.57. The van der Waals surface area contributed by atoms with Crippen LogP contribution in [0.4, 0.5) is 5.69 Å². The summed E-state index contributed by atoms with van der Waals surface area (Å²) in [6.07, 6.45) is 3.45. The molecule has 4 heteroatoms. The molecule has 0 saturated heterocycles. The van der Waals surface area contributed by atoms with E-state index in [2.05, 4.69) is 4.98 Å². The van der Waals surface area contributed by atoms with Crippen molar-refractivity contribution in [3.8, 4) is 11.5 Å². The molecule has 2 aromatic carbocycles. The average Bonchev–Trinajstić information content (AvgIpc) is 2.45. The number of hydrogen-bond acceptors (Lipinski definition) is 3. The van der Waals surface area contributed by atoms with Gasteiger partial charge in [-0.15, -0.1) is 0 Å². The van der Waals surface area contributed by atoms with E-state index in [1.54, 1.807) is 24.5 Å². The minimum atomic E-state index is 0.679. The minimum Gasteiger partial charge on any atom is -0.457 e. The first-order valence-electron chi connectivity index (χ1n) is 5.80. The number of aromatic nitrogens is 1. The van der Waals surface area contributed by atoms with Crippen LogP contribution in [0.2, 0.25) is 5.02 Å². The van der Waals surface area contributed by atoms with Crippen molar-refractivity contribution in [2.45, 2.75) is 0 Å². The fourth-order valence-corrected chi connectivity index (χ4v) is 2.03. The Balaban J connectivity index is 2.06. The highest BCUT2D eigenvalue weighted by atomic mass is 35.5. The number of hydrogen-bond donors (Lipinski definition) is 1. The summed E-state index contributed by atoms with van der Waals surface area (Å²) in [4.78, 5) is 4.08. The number of benzene rings is 2. The van der Waals surface area contributed by atoms with Gasteiger partial charge in [-0.2, -0.15) is 0 Å². The zero-order valence-electron chi connectivity index (χ0n) is 10.0. The molecule has 0 unspecified atom stereocenters. The second-order valence-electron chi connectivity index (χ2n) is 4.13. The number of nitrogens with two attached hydrogens (primary N) is 1. The smallest absolute Gasteiger partial charge is 0.135 e. The van der Waals surface area contributed by atoms with E-state index in [1.807, 2.05) is 30.3 Å². The molecule has 94 valence electrons. The molecule has 0 saturated carbocycles. The zero-order chi connectivity index (χ0) is 13.2. The highest BCUT2D eigenvalue weighted by molar-refractivity contribution is 6.30. The summed E-state index contributed by atoms with van der Waals surface area (Å²) >= 11 is 5.85. The Bertz CT molecular complexity index is 726. The molecule has 0 aliphatic carbocycles. The minimum absolute atomic E-state index is 0.679. The monoisotopic (exact) mass is 270 g/mol. The summed E-state index contributed by atoms with van der Waals surface area (Å²) in [5.74, 6) is 1.47. The lowest BCUT2D eigenvalue weighted by Gasteiger charge is -2.10. The highest BCUT2D eigenvalue weighted by Gasteiger charge is 2.06. The van der Waals surface area contributed by atoms with Crippen LogP contribution in [0.25, 0.3) is 10.8 Å². The third kappa shape index (κ3) is 2.33. The topological polar surface area (TPSA) is 48.1 Å². The molecule has 0 spiro atoms. The molecule has 0 aliphatic rings. The Morgan fingerprint density at radius 3 is 2.53 bits per heavy atom. The van der Waals surface area contributed by atoms with Crippen LogP contribution in [-0.4, -0.2) is 4.98 Å². The van der Waals surface area contributed by atoms with Crippen LogP contribution in [0.3, 0.4) is 0 Å². The van der Waals surface area contributed by atoms with Crippen molar-refractivity contribution in [2.75, 3.05) is 5.73 Å². The molecular weight excluding hydrogens is 260 g/mol. The van der Waals surface area contributed by atoms with Crippen molar-refractivity contribution >= 4 is 28.1 Å². The van der Waals surface area contributed by atoms with Gasteiger partial charge in [0, 0.05) is 33.9 Å². The summed E-state index contributed by atoms with van der Waals surface area (Å²) in [7, 11) is 0. The molecule has 2 N–H and O–H groups in total. The third-order valence-corrected chi connectivity index (χ3v) is 3.11. The van der Waals surface area contributed by atoms with Gasteiger partial charge in [-0.3, -0.25) is 4.98 Å². The molecule has 0 fully saturated rings. The van der Waals surface area contributed by atoms with E-state index in [9.17, 15) is 0 Å². The molecule has 3 rings (SSSR count). The fraction of sp³-hybridized carbons (Fsp3) is 0. The Morgan fingerprint density at radius 1 is 0.947 bits per heavy atom. The molecule has 0 aliphatic heterocycles. The van der Waals surface area contributed by atoms with Crippen LogP contribution in [0.15, 0.2) is 54.9 Å². The van der Waals surface area contributed by atoms with Gasteiger partial charge >= 0.3 is 0 Å². The Morgan fingerprint density at radius 2 is 1.74 bits per heavy atom. The standard InChI is InChI=1S/C15H11ClN2O/c16-10-1-3-11(4-2-10)19-15-6-5-14(17)13-9-18-8-7-12(13)15/h1-9H,17H2. The zero-order valence-corrected chi connectivity index (χ0v) is 10.8. The van der Waals surface area contributed by atoms with Crippen LogP contribution in [-0.2, 0) is 0 Å². The number of halogens is 1. The maximum Gasteiger partial charge on any atom is 0.135 e. The number of fused-ring (bicyclic) bond motifs is 1. The van der Waals surface area contributed by atoms with E-state index < -0.39 is 0 Å². The molecule has 19 heavy (non-hydrogen) atoms. The summed E-state index contributed by atoms with van der Waals surface area (Å²) in [5, 5.41) is 2.50. The predicted octanol–water partition coefficient (Wildman–Crippen LogP) is 4.26. The molecule has 3 nitrogen and oxygen atoms in total. The third-order valence-electron chi connectivity index (χ3n) is 2.85. The van der Waals surface area contributed by atoms with Gasteiger partial charge < -0.3 is 10.5 Å². The molecule has 0 radical (unpaired) electrons. The van der Waals surface area contributed by atoms with Gasteiger partial charge in [-0.1, -0.05) is 11.6 Å². The van der Waals surface area contributed by atoms with E-state index >= 15 is 0 Å². The molecule has 1 aromatic heterocycles. The molecule has 0 amide bonds. The van der Waals surface area contributed by atoms with Crippen LogP contribution < -0.4 is 10.5 Å². The van der Waals surface area contributed by atoms with Crippen LogP contribution in [0, 0.1) is 0 Å². The van der Waals surface area contributed by atoms with Crippen molar-refractivity contribution in [2.24, 2.45) is 0 Å². The van der Waals surface area contributed by atoms with Gasteiger partial charge in [-0.25, -0.2) is 0 Å². The van der Waals surface area contributed by atoms with E-state index in [4.69, 9.17) is 22.1 Å². The largest absolute Gasteiger partial charge is 0.457 e. The number of anilines is 1. The summed E-state index contributed by atoms with van der Waals surface area (Å²) in [5.41, 5.74) is 6.61. The highest BCUT2D eigenvalue weighted by Crippen LogP contribution is 2.32. The number of rotatable bonds is 2. The second kappa shape index (κ2) is 4.78. The van der Waals surface area contributed by atoms with Gasteiger partial charge in [-0.05, 0) is 42.5 Å². The van der Waals surface area contributed by atoms with Crippen molar-refractivity contribution < 1.29 is 4.74 Å². The Labute approximate surface area is 115 Å². The van der Waals surface area contributed by atoms with Gasteiger partial charge in [0.05, 0.1) is 0 Å². The maximum atomic E-state index is 5.93. The van der Waals surface area contributed by atoms with E-state index in [0.717, 1.165) is 22.3 Å². The summed E-state index contributed by atoms with van der Waals surface area (Å²) in [6.45, 7) is 0. The summed E-state index contributed by atoms with van der Waals surface area (Å²) < 4.78 is 5.86. The lowest BCUT2D eigenvalue weighted by molar-refractivity contribution is 0.488. The van der Waals surface area contributed by atoms with Gasteiger partial charge in [0.25, 0.3) is 0 Å². The predicted molar refractivity (Wildman–Crippen MR) is 77.7 cm³/mol. The molecule has 3 aromatic rings. The maximum absolute atomic E-state index is 5.93. The molecule has 1 heterocycles. The lowest BCUT2D eigenvalue weighted by Crippen LogP contribution is -1.91. The first-order valence-corrected chi connectivity index (χ1v) is 6.17. The number of ether oxygens (including phenoxy) is 1. The molecular formula is C15H11ClN2O. The van der Waals surface area contributed by atoms with E-state index in [-0.39, 0.29) is 0 Å². The first kappa shape index (κ1) is 11.8. The van der Waals surface area contributed by atoms with E-state index in [0.29, 0.717) is 10.7 Å². The average molecular weight is 271 g/mol. The van der Waals surface area contributed by atoms with Crippen LogP contribution in [0.5, 0.6) is 11.5 Å². The van der Waals surface area contributed by atoms with Crippen LogP contribution in [0.1, 0.15) is 0 Å². The molecule has 0 atom stereocenters. The Kier molecular flexibility index (Phi) is 2.97. The van der Waals surface area contributed by atoms with Gasteiger partial charge in [0.2, 0.25) is 0 Å². The van der Waals surface area contributed by atoms with Gasteiger partial charge in [0.1, 0.15) is 11.5 Å². The quantitative estimate of drug-likeness (QED) is 0.708. The number of nitrogens with zero attached hydrogens (tertiary/aromatic N) is 1. The van der Waals surface area contributed by atoms with Crippen molar-refractivity contribution in [1.29, 1.82) is 0 Å². The number of nitrogen functional groups attached to an aromatic ring is 1.